The van der Waals surface area contributed by atoms with Gasteiger partial charge in [0, 0.05) is 66.4 Å². The Labute approximate surface area is 398 Å². The largest absolute Gasteiger partial charge is 0.456 e. The minimum Gasteiger partial charge on any atom is -0.456 e. The number of furan rings is 1. The van der Waals surface area contributed by atoms with Crippen LogP contribution in [0.15, 0.2) is 233 Å². The lowest BCUT2D eigenvalue weighted by molar-refractivity contribution is 0.669. The standard InChI is InChI=1S/C62H38N4OS/c63-61-57(65(47-30-23-43(24-31-47)21-19-41-11-3-1-4-12-41)48-32-25-44(26-33-48)22-20-42-13-5-2-6-14-42)37-35-50(62(61)64-68)46-28-27-45-29-36-56-60(53(45)39-46)52-16-7-9-17-55(52)66(56)49-34-38-59-54(40-49)51-15-8-10-18-58(51)67-59/h1-18,23-40,63,68H. The Morgan fingerprint density at radius 2 is 1.06 bits per heavy atom. The average Bonchev–Trinajstić information content (AvgIpc) is 3.95. The van der Waals surface area contributed by atoms with Gasteiger partial charge in [-0.3, -0.25) is 5.41 Å². The summed E-state index contributed by atoms with van der Waals surface area (Å²) in [6.07, 6.45) is 4.07. The zero-order chi connectivity index (χ0) is 45.6. The SMILES string of the molecule is N=C1C(N(c2ccc(C#Cc3ccccc3)cc2)c2ccc(C#Cc3ccccc3)cc2)=CC=C(c2ccc3ccc4c(c3c2)c2ccccc2n4-c2ccc3oc4ccccc4c3c2)C1=NS. The van der Waals surface area contributed by atoms with Crippen LogP contribution in [0.3, 0.4) is 0 Å². The second kappa shape index (κ2) is 17.1. The van der Waals surface area contributed by atoms with Gasteiger partial charge in [0.25, 0.3) is 0 Å². The van der Waals surface area contributed by atoms with Crippen LogP contribution < -0.4 is 4.90 Å². The van der Waals surface area contributed by atoms with Gasteiger partial charge in [-0.05, 0) is 157 Å². The number of nitrogens with zero attached hydrogens (tertiary/aromatic N) is 3. The molecule has 0 radical (unpaired) electrons. The Morgan fingerprint density at radius 1 is 0.485 bits per heavy atom. The summed E-state index contributed by atoms with van der Waals surface area (Å²) in [6.45, 7) is 0. The number of thiol groups is 1. The predicted octanol–water partition coefficient (Wildman–Crippen LogP) is 15.1. The van der Waals surface area contributed by atoms with E-state index in [1.165, 1.54) is 0 Å². The molecule has 0 saturated carbocycles. The van der Waals surface area contributed by atoms with Crippen LogP contribution in [0.4, 0.5) is 11.4 Å². The summed E-state index contributed by atoms with van der Waals surface area (Å²) in [5.41, 5.74) is 13.6. The summed E-state index contributed by atoms with van der Waals surface area (Å²) in [7, 11) is 0. The maximum absolute atomic E-state index is 9.83. The Kier molecular flexibility index (Phi) is 10.1. The summed E-state index contributed by atoms with van der Waals surface area (Å²) in [5.74, 6) is 13.1. The van der Waals surface area contributed by atoms with E-state index in [1.54, 1.807) is 0 Å². The summed E-state index contributed by atoms with van der Waals surface area (Å²) in [4.78, 5) is 2.08. The fourth-order valence-electron chi connectivity index (χ4n) is 9.34. The molecule has 2 aromatic heterocycles. The number of anilines is 2. The summed E-state index contributed by atoms with van der Waals surface area (Å²) in [6, 6.07) is 70.4. The first-order chi connectivity index (χ1) is 33.6. The molecule has 0 amide bonds. The molecule has 6 heteroatoms. The van der Waals surface area contributed by atoms with Crippen molar-refractivity contribution in [3.63, 3.8) is 0 Å². The number of aromatic nitrogens is 1. The zero-order valence-corrected chi connectivity index (χ0v) is 37.4. The quantitative estimate of drug-likeness (QED) is 0.103. The van der Waals surface area contributed by atoms with Gasteiger partial charge in [-0.1, -0.05) is 115 Å². The Balaban J connectivity index is 0.961. The lowest BCUT2D eigenvalue weighted by atomic mass is 9.89. The highest BCUT2D eigenvalue weighted by molar-refractivity contribution is 7.79. The molecule has 2 heterocycles. The van der Waals surface area contributed by atoms with Gasteiger partial charge in [0.05, 0.1) is 16.7 Å². The number of fused-ring (bicyclic) bond motifs is 8. The van der Waals surface area contributed by atoms with Gasteiger partial charge >= 0.3 is 0 Å². The second-order valence-corrected chi connectivity index (χ2v) is 16.8. The van der Waals surface area contributed by atoms with Crippen molar-refractivity contribution in [3.8, 4) is 29.4 Å². The number of hydrogen-bond donors (Lipinski definition) is 2. The molecule has 1 N–H and O–H groups in total. The second-order valence-electron chi connectivity index (χ2n) is 16.6. The van der Waals surface area contributed by atoms with Crippen molar-refractivity contribution >= 4 is 95.7 Å². The van der Waals surface area contributed by atoms with Crippen LogP contribution in [-0.2, 0) is 0 Å². The van der Waals surface area contributed by atoms with Gasteiger partial charge in [0.1, 0.15) is 22.6 Å². The van der Waals surface area contributed by atoms with Crippen LogP contribution in [0.25, 0.3) is 65.8 Å². The van der Waals surface area contributed by atoms with E-state index in [2.05, 4.69) is 141 Å². The maximum atomic E-state index is 9.83. The number of rotatable bonds is 5. The van der Waals surface area contributed by atoms with E-state index in [0.29, 0.717) is 11.4 Å². The molecule has 0 spiro atoms. The monoisotopic (exact) mass is 886 g/mol. The van der Waals surface area contributed by atoms with Crippen molar-refractivity contribution in [2.45, 2.75) is 0 Å². The van der Waals surface area contributed by atoms with Crippen molar-refractivity contribution in [2.75, 3.05) is 4.90 Å². The molecule has 1 aliphatic carbocycles. The molecule has 0 bridgehead atoms. The molecule has 0 unspecified atom stereocenters. The Bertz CT molecular complexity index is 3940. The molecule has 12 rings (SSSR count). The maximum Gasteiger partial charge on any atom is 0.135 e. The van der Waals surface area contributed by atoms with Gasteiger partial charge in [-0.2, -0.15) is 0 Å². The fraction of sp³-hybridized carbons (Fsp3) is 0. The van der Waals surface area contributed by atoms with Crippen molar-refractivity contribution in [1.82, 2.24) is 4.57 Å². The number of nitrogens with one attached hydrogen (secondary N) is 1. The van der Waals surface area contributed by atoms with Gasteiger partial charge < -0.3 is 13.9 Å². The summed E-state index contributed by atoms with van der Waals surface area (Å²) in [5, 5.41) is 16.5. The Hall–Kier alpha value is -9.07. The zero-order valence-electron chi connectivity index (χ0n) is 36.5. The molecular formula is C62H38N4OS. The highest BCUT2D eigenvalue weighted by atomic mass is 32.1. The minimum atomic E-state index is 0.246. The summed E-state index contributed by atoms with van der Waals surface area (Å²) < 4.78 is 13.1. The third-order valence-electron chi connectivity index (χ3n) is 12.6. The van der Waals surface area contributed by atoms with E-state index in [-0.39, 0.29) is 5.71 Å². The topological polar surface area (TPSA) is 57.5 Å². The van der Waals surface area contributed by atoms with Gasteiger partial charge in [-0.15, -0.1) is 0 Å². The molecule has 9 aromatic carbocycles. The van der Waals surface area contributed by atoms with E-state index in [9.17, 15) is 5.41 Å². The normalized spacial score (nSPS) is 13.1. The van der Waals surface area contributed by atoms with Crippen LogP contribution in [0.1, 0.15) is 27.8 Å². The fourth-order valence-corrected chi connectivity index (χ4v) is 9.54. The Morgan fingerprint density at radius 3 is 1.72 bits per heavy atom. The molecular weight excluding hydrogens is 849 g/mol. The minimum absolute atomic E-state index is 0.246. The first-order valence-electron chi connectivity index (χ1n) is 22.3. The van der Waals surface area contributed by atoms with Crippen LogP contribution in [-0.4, -0.2) is 16.0 Å². The third kappa shape index (κ3) is 7.23. The molecule has 5 nitrogen and oxygen atoms in total. The molecule has 1 aliphatic rings. The number of allylic oxidation sites excluding steroid dienone is 4. The molecule has 0 atom stereocenters. The van der Waals surface area contributed by atoms with Gasteiger partial charge in [0.2, 0.25) is 0 Å². The van der Waals surface area contributed by atoms with E-state index in [1.807, 2.05) is 127 Å². The van der Waals surface area contributed by atoms with E-state index >= 15 is 0 Å². The molecule has 11 aromatic rings. The average molecular weight is 887 g/mol. The van der Waals surface area contributed by atoms with Gasteiger partial charge in [-0.25, -0.2) is 4.40 Å². The van der Waals surface area contributed by atoms with E-state index in [0.717, 1.165) is 105 Å². The van der Waals surface area contributed by atoms with E-state index in [4.69, 9.17) is 4.42 Å². The lowest BCUT2D eigenvalue weighted by Gasteiger charge is -2.30. The van der Waals surface area contributed by atoms with Crippen molar-refractivity contribution in [3.05, 3.63) is 252 Å². The first-order valence-corrected chi connectivity index (χ1v) is 22.7. The van der Waals surface area contributed by atoms with Crippen molar-refractivity contribution in [1.29, 1.82) is 5.41 Å². The van der Waals surface area contributed by atoms with Crippen molar-refractivity contribution in [2.24, 2.45) is 4.40 Å². The molecule has 68 heavy (non-hydrogen) atoms. The number of para-hydroxylation sites is 2. The van der Waals surface area contributed by atoms with Crippen LogP contribution >= 0.6 is 12.8 Å². The highest BCUT2D eigenvalue weighted by Crippen LogP contribution is 2.41. The smallest absolute Gasteiger partial charge is 0.135 e. The first kappa shape index (κ1) is 40.4. The number of benzene rings is 9. The molecule has 0 fully saturated rings. The predicted molar refractivity (Wildman–Crippen MR) is 286 cm³/mol. The van der Waals surface area contributed by atoms with Crippen molar-refractivity contribution < 1.29 is 4.42 Å². The molecule has 318 valence electrons. The van der Waals surface area contributed by atoms with Crippen LogP contribution in [0.2, 0.25) is 0 Å². The third-order valence-corrected chi connectivity index (χ3v) is 12.8. The number of hydrogen-bond acceptors (Lipinski definition) is 5. The van der Waals surface area contributed by atoms with Gasteiger partial charge in [0.15, 0.2) is 0 Å². The summed E-state index contributed by atoms with van der Waals surface area (Å²) >= 11 is 4.54. The highest BCUT2D eigenvalue weighted by Gasteiger charge is 2.28. The lowest BCUT2D eigenvalue weighted by Crippen LogP contribution is -2.30. The molecule has 0 aliphatic heterocycles. The van der Waals surface area contributed by atoms with Crippen LogP contribution in [0, 0.1) is 29.1 Å². The van der Waals surface area contributed by atoms with Crippen LogP contribution in [0.5, 0.6) is 0 Å². The van der Waals surface area contributed by atoms with E-state index < -0.39 is 0 Å². The molecule has 0 saturated heterocycles.